The van der Waals surface area contributed by atoms with E-state index in [1.54, 1.807) is 0 Å². The molecule has 1 amide bonds. The number of aromatic nitrogens is 2. The van der Waals surface area contributed by atoms with Gasteiger partial charge in [0.2, 0.25) is 5.91 Å². The van der Waals surface area contributed by atoms with Crippen LogP contribution in [0.2, 0.25) is 0 Å². The Labute approximate surface area is 156 Å². The maximum absolute atomic E-state index is 12.3. The van der Waals surface area contributed by atoms with Gasteiger partial charge in [0.1, 0.15) is 0 Å². The number of ether oxygens (including phenoxy) is 1. The van der Waals surface area contributed by atoms with E-state index in [9.17, 15) is 4.79 Å². The van der Waals surface area contributed by atoms with Crippen molar-refractivity contribution in [2.24, 2.45) is 11.8 Å². The third-order valence-corrected chi connectivity index (χ3v) is 6.21. The van der Waals surface area contributed by atoms with E-state index in [0.717, 1.165) is 44.0 Å². The van der Waals surface area contributed by atoms with E-state index in [4.69, 9.17) is 9.84 Å². The molecule has 2 heterocycles. The molecule has 0 aromatic carbocycles. The lowest BCUT2D eigenvalue weighted by molar-refractivity contribution is -0.126. The summed E-state index contributed by atoms with van der Waals surface area (Å²) in [6, 6.07) is 3.10. The fourth-order valence-electron chi connectivity index (χ4n) is 4.57. The van der Waals surface area contributed by atoms with Crippen LogP contribution in [-0.4, -0.2) is 41.0 Å². The number of hydrogen-bond donors (Lipinski definition) is 2. The Hall–Kier alpha value is -1.40. The Morgan fingerprint density at radius 1 is 1.31 bits per heavy atom. The molecule has 1 aromatic rings. The van der Waals surface area contributed by atoms with E-state index in [1.165, 1.54) is 25.7 Å². The smallest absolute Gasteiger partial charge is 0.225 e. The van der Waals surface area contributed by atoms with Crippen molar-refractivity contribution in [1.29, 1.82) is 0 Å². The van der Waals surface area contributed by atoms with Gasteiger partial charge in [0.05, 0.1) is 30.4 Å². The first-order chi connectivity index (χ1) is 12.7. The summed E-state index contributed by atoms with van der Waals surface area (Å²) in [6.45, 7) is 4.33. The molecule has 0 unspecified atom stereocenters. The van der Waals surface area contributed by atoms with Gasteiger partial charge in [0.25, 0.3) is 0 Å². The average Bonchev–Trinajstić information content (AvgIpc) is 3.34. The molecule has 4 rings (SSSR count). The summed E-state index contributed by atoms with van der Waals surface area (Å²) in [5, 5.41) is 11.3. The van der Waals surface area contributed by atoms with Crippen molar-refractivity contribution in [1.82, 2.24) is 20.4 Å². The van der Waals surface area contributed by atoms with Crippen molar-refractivity contribution in [3.63, 3.8) is 0 Å². The number of hydrogen-bond acceptors (Lipinski definition) is 4. The van der Waals surface area contributed by atoms with Crippen LogP contribution in [0, 0.1) is 11.8 Å². The van der Waals surface area contributed by atoms with Gasteiger partial charge in [-0.05, 0) is 44.1 Å². The zero-order valence-corrected chi connectivity index (χ0v) is 15.8. The molecule has 3 fully saturated rings. The molecule has 1 aliphatic heterocycles. The Morgan fingerprint density at radius 3 is 2.88 bits per heavy atom. The summed E-state index contributed by atoms with van der Waals surface area (Å²) < 4.78 is 7.95. The average molecular weight is 361 g/mol. The summed E-state index contributed by atoms with van der Waals surface area (Å²) in [7, 11) is 0. The summed E-state index contributed by atoms with van der Waals surface area (Å²) in [4.78, 5) is 12.3. The normalized spacial score (nSPS) is 31.9. The topological polar surface area (TPSA) is 68.2 Å². The number of nitrogens with one attached hydrogen (secondary N) is 2. The Morgan fingerprint density at radius 2 is 2.12 bits per heavy atom. The Balaban J connectivity index is 1.15. The second-order valence-corrected chi connectivity index (χ2v) is 8.53. The van der Waals surface area contributed by atoms with Crippen molar-refractivity contribution in [3.05, 3.63) is 18.0 Å². The first-order valence-electron chi connectivity index (χ1n) is 10.3. The van der Waals surface area contributed by atoms with E-state index in [0.29, 0.717) is 18.7 Å². The lowest BCUT2D eigenvalue weighted by Gasteiger charge is -2.33. The molecule has 0 bridgehead atoms. The van der Waals surface area contributed by atoms with E-state index in [-0.39, 0.29) is 17.9 Å². The largest absolute Gasteiger partial charge is 0.376 e. The molecular weight excluding hydrogens is 328 g/mol. The van der Waals surface area contributed by atoms with Crippen LogP contribution in [0.25, 0.3) is 0 Å². The van der Waals surface area contributed by atoms with Gasteiger partial charge in [-0.3, -0.25) is 9.48 Å². The van der Waals surface area contributed by atoms with Gasteiger partial charge >= 0.3 is 0 Å². The van der Waals surface area contributed by atoms with Crippen LogP contribution in [0.5, 0.6) is 0 Å². The predicted molar refractivity (Wildman–Crippen MR) is 99.6 cm³/mol. The van der Waals surface area contributed by atoms with E-state index in [1.807, 2.05) is 0 Å². The van der Waals surface area contributed by atoms with Gasteiger partial charge < -0.3 is 15.4 Å². The molecule has 6 heteroatoms. The molecular formula is C20H32N4O2. The zero-order valence-electron chi connectivity index (χ0n) is 15.8. The molecule has 2 saturated carbocycles. The van der Waals surface area contributed by atoms with Crippen molar-refractivity contribution >= 4 is 5.91 Å². The molecule has 0 radical (unpaired) electrons. The van der Waals surface area contributed by atoms with Crippen molar-refractivity contribution in [3.8, 4) is 0 Å². The minimum Gasteiger partial charge on any atom is -0.376 e. The minimum atomic E-state index is 0.0132. The van der Waals surface area contributed by atoms with Gasteiger partial charge in [-0.2, -0.15) is 5.10 Å². The Bertz CT molecular complexity index is 605. The molecule has 1 saturated heterocycles. The quantitative estimate of drug-likeness (QED) is 0.783. The fraction of sp³-hybridized carbons (Fsp3) is 0.800. The first kappa shape index (κ1) is 18.0. The highest BCUT2D eigenvalue weighted by atomic mass is 16.5. The van der Waals surface area contributed by atoms with Crippen LogP contribution in [0.3, 0.4) is 0 Å². The predicted octanol–water partition coefficient (Wildman–Crippen LogP) is 2.41. The highest BCUT2D eigenvalue weighted by Crippen LogP contribution is 2.29. The SMILES string of the molecule is CC1CC(NC(=O)[C@@H]2CO[C@H](CNCc3ccn(C4CCCC4)n3)C2)C1. The second kappa shape index (κ2) is 8.09. The highest BCUT2D eigenvalue weighted by Gasteiger charge is 2.34. The van der Waals surface area contributed by atoms with Crippen molar-refractivity contribution in [2.75, 3.05) is 13.2 Å². The van der Waals surface area contributed by atoms with Crippen LogP contribution >= 0.6 is 0 Å². The maximum Gasteiger partial charge on any atom is 0.225 e. The first-order valence-corrected chi connectivity index (χ1v) is 10.3. The number of rotatable bonds is 7. The molecule has 144 valence electrons. The van der Waals surface area contributed by atoms with Crippen LogP contribution in [0.15, 0.2) is 12.3 Å². The van der Waals surface area contributed by atoms with Crippen molar-refractivity contribution in [2.45, 2.75) is 76.6 Å². The van der Waals surface area contributed by atoms with E-state index >= 15 is 0 Å². The van der Waals surface area contributed by atoms with Crippen LogP contribution in [-0.2, 0) is 16.1 Å². The lowest BCUT2D eigenvalue weighted by Crippen LogP contribution is -2.46. The third-order valence-electron chi connectivity index (χ3n) is 6.21. The van der Waals surface area contributed by atoms with Gasteiger partial charge in [0, 0.05) is 25.3 Å². The molecule has 2 atom stereocenters. The summed E-state index contributed by atoms with van der Waals surface area (Å²) in [5.41, 5.74) is 1.09. The van der Waals surface area contributed by atoms with Crippen LogP contribution in [0.4, 0.5) is 0 Å². The molecule has 2 aliphatic carbocycles. The number of nitrogens with zero attached hydrogens (tertiary/aromatic N) is 2. The maximum atomic E-state index is 12.3. The van der Waals surface area contributed by atoms with Gasteiger partial charge in [-0.1, -0.05) is 19.8 Å². The third kappa shape index (κ3) is 4.29. The van der Waals surface area contributed by atoms with Crippen molar-refractivity contribution < 1.29 is 9.53 Å². The van der Waals surface area contributed by atoms with E-state index < -0.39 is 0 Å². The second-order valence-electron chi connectivity index (χ2n) is 8.53. The van der Waals surface area contributed by atoms with E-state index in [2.05, 4.69) is 34.5 Å². The highest BCUT2D eigenvalue weighted by molar-refractivity contribution is 5.79. The van der Waals surface area contributed by atoms with Gasteiger partial charge in [-0.15, -0.1) is 0 Å². The standard InChI is InChI=1S/C20H32N4O2/c1-14-8-17(9-14)22-20(25)15-10-19(26-13-15)12-21-11-16-6-7-24(23-16)18-4-2-3-5-18/h6-7,14-15,17-19,21H,2-5,8-13H2,1H3,(H,22,25)/t14?,15-,17?,19-/m0/s1. The van der Waals surface area contributed by atoms with Crippen LogP contribution < -0.4 is 10.6 Å². The molecule has 2 N–H and O–H groups in total. The van der Waals surface area contributed by atoms with Crippen LogP contribution in [0.1, 0.15) is 63.6 Å². The fourth-order valence-corrected chi connectivity index (χ4v) is 4.57. The number of amides is 1. The number of carbonyl (C=O) groups is 1. The number of carbonyl (C=O) groups excluding carboxylic acids is 1. The molecule has 6 nitrogen and oxygen atoms in total. The summed E-state index contributed by atoms with van der Waals surface area (Å²) >= 11 is 0. The summed E-state index contributed by atoms with van der Waals surface area (Å²) in [5.74, 6) is 0.952. The lowest BCUT2D eigenvalue weighted by atomic mass is 9.81. The minimum absolute atomic E-state index is 0.0132. The molecule has 26 heavy (non-hydrogen) atoms. The van der Waals surface area contributed by atoms with Gasteiger partial charge in [-0.25, -0.2) is 0 Å². The molecule has 0 spiro atoms. The van der Waals surface area contributed by atoms with Gasteiger partial charge in [0.15, 0.2) is 0 Å². The summed E-state index contributed by atoms with van der Waals surface area (Å²) in [6.07, 6.45) is 10.5. The Kier molecular flexibility index (Phi) is 5.60. The monoisotopic (exact) mass is 360 g/mol. The molecule has 3 aliphatic rings. The zero-order chi connectivity index (χ0) is 17.9. The molecule has 1 aromatic heterocycles.